The third-order valence-corrected chi connectivity index (χ3v) is 5.20. The van der Waals surface area contributed by atoms with Crippen LogP contribution >= 0.6 is 0 Å². The van der Waals surface area contributed by atoms with E-state index in [1.165, 1.54) is 12.1 Å². The minimum absolute atomic E-state index is 0.0257. The number of carbonyl (C=O) groups is 1. The van der Waals surface area contributed by atoms with Gasteiger partial charge in [-0.3, -0.25) is 14.7 Å². The third-order valence-electron chi connectivity index (χ3n) is 5.20. The molecule has 0 atom stereocenters. The van der Waals surface area contributed by atoms with Gasteiger partial charge in [0.15, 0.2) is 0 Å². The summed E-state index contributed by atoms with van der Waals surface area (Å²) in [6, 6.07) is 19.4. The second kappa shape index (κ2) is 9.50. The number of amides is 1. The summed E-state index contributed by atoms with van der Waals surface area (Å²) in [7, 11) is 0. The van der Waals surface area contributed by atoms with Crippen molar-refractivity contribution in [2.24, 2.45) is 0 Å². The van der Waals surface area contributed by atoms with Crippen molar-refractivity contribution >= 4 is 5.91 Å². The molecule has 4 rings (SSSR count). The van der Waals surface area contributed by atoms with Gasteiger partial charge in [0.1, 0.15) is 18.2 Å². The third kappa shape index (κ3) is 5.02. The number of hydrogen-bond donors (Lipinski definition) is 0. The van der Waals surface area contributed by atoms with Crippen LogP contribution in [-0.4, -0.2) is 46.9 Å². The average Bonchev–Trinajstić information content (AvgIpc) is 2.80. The Bertz CT molecular complexity index is 971. The van der Waals surface area contributed by atoms with E-state index in [1.807, 2.05) is 35.2 Å². The van der Waals surface area contributed by atoms with Crippen LogP contribution in [0.3, 0.4) is 0 Å². The second-order valence-electron chi connectivity index (χ2n) is 7.30. The maximum Gasteiger partial charge on any atom is 0.257 e. The standard InChI is InChI=1S/C24H24FN3O2/c25-20-10-8-19(9-11-20)18-30-23-7-2-1-6-22(23)24(29)28-15-13-27(14-16-28)17-21-5-3-4-12-26-21/h1-12H,13-18H2. The lowest BCUT2D eigenvalue weighted by Gasteiger charge is -2.34. The van der Waals surface area contributed by atoms with Crippen LogP contribution in [0.4, 0.5) is 4.39 Å². The Morgan fingerprint density at radius 3 is 2.40 bits per heavy atom. The first-order valence-electron chi connectivity index (χ1n) is 10.1. The lowest BCUT2D eigenvalue weighted by atomic mass is 10.1. The summed E-state index contributed by atoms with van der Waals surface area (Å²) in [4.78, 5) is 21.7. The number of nitrogens with zero attached hydrogens (tertiary/aromatic N) is 3. The number of aromatic nitrogens is 1. The van der Waals surface area contributed by atoms with Crippen LogP contribution in [0.1, 0.15) is 21.6 Å². The zero-order valence-corrected chi connectivity index (χ0v) is 16.7. The van der Waals surface area contributed by atoms with Gasteiger partial charge in [0.25, 0.3) is 5.91 Å². The number of carbonyl (C=O) groups excluding carboxylic acids is 1. The van der Waals surface area contributed by atoms with Gasteiger partial charge in [0.2, 0.25) is 0 Å². The molecule has 1 aliphatic rings. The number of pyridine rings is 1. The number of ether oxygens (including phenoxy) is 1. The van der Waals surface area contributed by atoms with E-state index >= 15 is 0 Å². The summed E-state index contributed by atoms with van der Waals surface area (Å²) in [5.41, 5.74) is 2.44. The van der Waals surface area contributed by atoms with E-state index < -0.39 is 0 Å². The lowest BCUT2D eigenvalue weighted by Crippen LogP contribution is -2.48. The van der Waals surface area contributed by atoms with Crippen LogP contribution in [0.2, 0.25) is 0 Å². The first kappa shape index (κ1) is 20.0. The van der Waals surface area contributed by atoms with Crippen molar-refractivity contribution in [2.75, 3.05) is 26.2 Å². The molecule has 5 nitrogen and oxygen atoms in total. The van der Waals surface area contributed by atoms with Crippen LogP contribution in [0.15, 0.2) is 72.9 Å². The number of piperazine rings is 1. The molecule has 0 aliphatic carbocycles. The molecule has 0 spiro atoms. The fraction of sp³-hybridized carbons (Fsp3) is 0.250. The van der Waals surface area contributed by atoms with Gasteiger partial charge in [-0.1, -0.05) is 30.3 Å². The van der Waals surface area contributed by atoms with Gasteiger partial charge in [0.05, 0.1) is 11.3 Å². The Morgan fingerprint density at radius 2 is 1.67 bits per heavy atom. The van der Waals surface area contributed by atoms with Gasteiger partial charge < -0.3 is 9.64 Å². The molecule has 30 heavy (non-hydrogen) atoms. The molecule has 0 radical (unpaired) electrons. The molecule has 3 aromatic rings. The van der Waals surface area contributed by atoms with Crippen molar-refractivity contribution in [3.05, 3.63) is 95.6 Å². The molecule has 1 fully saturated rings. The average molecular weight is 405 g/mol. The Labute approximate surface area is 175 Å². The first-order valence-corrected chi connectivity index (χ1v) is 10.1. The van der Waals surface area contributed by atoms with E-state index in [2.05, 4.69) is 9.88 Å². The predicted molar refractivity (Wildman–Crippen MR) is 113 cm³/mol. The summed E-state index contributed by atoms with van der Waals surface area (Å²) in [5.74, 6) is 0.237. The van der Waals surface area contributed by atoms with Gasteiger partial charge in [-0.2, -0.15) is 0 Å². The molecule has 1 amide bonds. The van der Waals surface area contributed by atoms with E-state index in [1.54, 1.807) is 30.5 Å². The van der Waals surface area contributed by atoms with Crippen LogP contribution in [-0.2, 0) is 13.2 Å². The Balaban J connectivity index is 1.36. The van der Waals surface area contributed by atoms with Gasteiger partial charge in [0, 0.05) is 38.9 Å². The molecule has 1 saturated heterocycles. The SMILES string of the molecule is O=C(c1ccccc1OCc1ccc(F)cc1)N1CCN(Cc2ccccn2)CC1. The molecule has 0 unspecified atom stereocenters. The lowest BCUT2D eigenvalue weighted by molar-refractivity contribution is 0.0622. The highest BCUT2D eigenvalue weighted by molar-refractivity contribution is 5.97. The quantitative estimate of drug-likeness (QED) is 0.627. The van der Waals surface area contributed by atoms with E-state index in [4.69, 9.17) is 4.74 Å². The highest BCUT2D eigenvalue weighted by Crippen LogP contribution is 2.22. The first-order chi connectivity index (χ1) is 14.7. The van der Waals surface area contributed by atoms with Gasteiger partial charge >= 0.3 is 0 Å². The van der Waals surface area contributed by atoms with Crippen molar-refractivity contribution in [3.63, 3.8) is 0 Å². The summed E-state index contributed by atoms with van der Waals surface area (Å²) >= 11 is 0. The normalized spacial score (nSPS) is 14.5. The van der Waals surface area contributed by atoms with Crippen LogP contribution in [0, 0.1) is 5.82 Å². The summed E-state index contributed by atoms with van der Waals surface area (Å²) in [5, 5.41) is 0. The fourth-order valence-corrected chi connectivity index (χ4v) is 3.51. The van der Waals surface area contributed by atoms with Gasteiger partial charge in [-0.15, -0.1) is 0 Å². The highest BCUT2D eigenvalue weighted by Gasteiger charge is 2.24. The number of benzene rings is 2. The van der Waals surface area contributed by atoms with E-state index in [9.17, 15) is 9.18 Å². The topological polar surface area (TPSA) is 45.7 Å². The van der Waals surface area contributed by atoms with Crippen molar-refractivity contribution in [1.29, 1.82) is 0 Å². The summed E-state index contributed by atoms with van der Waals surface area (Å²) in [6.07, 6.45) is 1.80. The van der Waals surface area contributed by atoms with Gasteiger partial charge in [-0.25, -0.2) is 4.39 Å². The number of para-hydroxylation sites is 1. The molecular weight excluding hydrogens is 381 g/mol. The number of rotatable bonds is 6. The van der Waals surface area contributed by atoms with Crippen LogP contribution in [0.25, 0.3) is 0 Å². The second-order valence-corrected chi connectivity index (χ2v) is 7.30. The van der Waals surface area contributed by atoms with Crippen LogP contribution in [0.5, 0.6) is 5.75 Å². The smallest absolute Gasteiger partial charge is 0.257 e. The van der Waals surface area contributed by atoms with Crippen molar-refractivity contribution < 1.29 is 13.9 Å². The summed E-state index contributed by atoms with van der Waals surface area (Å²) in [6.45, 7) is 4.01. The molecular formula is C24H24FN3O2. The zero-order chi connectivity index (χ0) is 20.8. The van der Waals surface area contributed by atoms with Crippen molar-refractivity contribution in [1.82, 2.24) is 14.8 Å². The molecule has 2 aromatic carbocycles. The van der Waals surface area contributed by atoms with Crippen molar-refractivity contribution in [2.45, 2.75) is 13.2 Å². The van der Waals surface area contributed by atoms with E-state index in [-0.39, 0.29) is 18.3 Å². The molecule has 0 N–H and O–H groups in total. The highest BCUT2D eigenvalue weighted by atomic mass is 19.1. The number of hydrogen-bond acceptors (Lipinski definition) is 4. The van der Waals surface area contributed by atoms with Crippen LogP contribution < -0.4 is 4.74 Å². The van der Waals surface area contributed by atoms with E-state index in [0.29, 0.717) is 24.4 Å². The number of halogens is 1. The summed E-state index contributed by atoms with van der Waals surface area (Å²) < 4.78 is 19.0. The minimum atomic E-state index is -0.281. The largest absolute Gasteiger partial charge is 0.488 e. The molecule has 0 saturated carbocycles. The maximum atomic E-state index is 13.1. The monoisotopic (exact) mass is 405 g/mol. The van der Waals surface area contributed by atoms with Crippen molar-refractivity contribution in [3.8, 4) is 5.75 Å². The molecule has 0 bridgehead atoms. The Morgan fingerprint density at radius 1 is 0.933 bits per heavy atom. The maximum absolute atomic E-state index is 13.1. The zero-order valence-electron chi connectivity index (χ0n) is 16.7. The molecule has 1 aromatic heterocycles. The Kier molecular flexibility index (Phi) is 6.35. The molecule has 2 heterocycles. The van der Waals surface area contributed by atoms with Gasteiger partial charge in [-0.05, 0) is 42.0 Å². The van der Waals surface area contributed by atoms with E-state index in [0.717, 1.165) is 30.9 Å². The molecule has 1 aliphatic heterocycles. The Hall–Kier alpha value is -3.25. The molecule has 154 valence electrons. The predicted octanol–water partition coefficient (Wildman–Crippen LogP) is 3.76. The molecule has 6 heteroatoms. The minimum Gasteiger partial charge on any atom is -0.488 e. The fourth-order valence-electron chi connectivity index (χ4n) is 3.51.